The normalized spacial score (nSPS) is 11.7. The number of rotatable bonds is 7. The molecule has 0 unspecified atom stereocenters. The Kier molecular flexibility index (Phi) is 6.22. The van der Waals surface area contributed by atoms with Crippen molar-refractivity contribution in [1.29, 1.82) is 0 Å². The quantitative estimate of drug-likeness (QED) is 0.146. The first-order valence-electron chi connectivity index (χ1n) is 11.2. The smallest absolute Gasteiger partial charge is 0.345 e. The van der Waals surface area contributed by atoms with E-state index in [0.29, 0.717) is 23.5 Å². The zero-order chi connectivity index (χ0) is 25.2. The van der Waals surface area contributed by atoms with Gasteiger partial charge in [0.15, 0.2) is 5.13 Å². The maximum Gasteiger partial charge on any atom is 0.345 e. The Morgan fingerprint density at radius 3 is 2.75 bits per heavy atom. The van der Waals surface area contributed by atoms with Gasteiger partial charge in [0.05, 0.1) is 17.8 Å². The summed E-state index contributed by atoms with van der Waals surface area (Å²) < 4.78 is 11.7. The van der Waals surface area contributed by atoms with Gasteiger partial charge < -0.3 is 9.15 Å². The van der Waals surface area contributed by atoms with E-state index < -0.39 is 10.8 Å². The van der Waals surface area contributed by atoms with Crippen LogP contribution in [0.4, 0.5) is 10.1 Å². The number of thiazole rings is 1. The molecule has 2 heterocycles. The number of nitrogens with zero attached hydrogens (tertiary/aromatic N) is 2. The Bertz CT molecular complexity index is 1650. The van der Waals surface area contributed by atoms with E-state index in [1.807, 2.05) is 38.1 Å². The first-order valence-corrected chi connectivity index (χ1v) is 12.0. The molecule has 0 radical (unpaired) electrons. The molecule has 1 amide bonds. The van der Waals surface area contributed by atoms with E-state index in [1.54, 1.807) is 6.26 Å². The lowest BCUT2D eigenvalue weighted by Crippen LogP contribution is -2.08. The fourth-order valence-electron chi connectivity index (χ4n) is 4.04. The summed E-state index contributed by atoms with van der Waals surface area (Å²) in [7, 11) is 0. The van der Waals surface area contributed by atoms with Crippen LogP contribution in [0.15, 0.2) is 77.6 Å². The monoisotopic (exact) mass is 499 g/mol. The van der Waals surface area contributed by atoms with Gasteiger partial charge in [0.1, 0.15) is 17.5 Å². The van der Waals surface area contributed by atoms with Crippen LogP contribution >= 0.6 is 11.3 Å². The van der Waals surface area contributed by atoms with E-state index >= 15 is 0 Å². The average molecular weight is 500 g/mol. The summed E-state index contributed by atoms with van der Waals surface area (Å²) in [6.07, 6.45) is 4.27. The molecule has 2 aromatic heterocycles. The summed E-state index contributed by atoms with van der Waals surface area (Å²) in [6, 6.07) is 18.2. The van der Waals surface area contributed by atoms with Crippen LogP contribution in [0.1, 0.15) is 19.4 Å². The van der Waals surface area contributed by atoms with Gasteiger partial charge in [-0.1, -0.05) is 36.4 Å². The van der Waals surface area contributed by atoms with Crippen LogP contribution in [0.2, 0.25) is 0 Å². The van der Waals surface area contributed by atoms with Gasteiger partial charge in [-0.2, -0.15) is 0 Å². The molecule has 9 heteroatoms. The number of anilines is 1. The molecule has 0 atom stereocenters. The highest BCUT2D eigenvalue weighted by molar-refractivity contribution is 7.18. The van der Waals surface area contributed by atoms with E-state index in [1.165, 1.54) is 6.08 Å². The van der Waals surface area contributed by atoms with Crippen molar-refractivity contribution in [2.75, 3.05) is 11.9 Å². The number of ether oxygens (including phenoxy) is 1. The number of nitro groups is 1. The van der Waals surface area contributed by atoms with Crippen LogP contribution in [0.3, 0.4) is 0 Å². The van der Waals surface area contributed by atoms with Crippen LogP contribution in [0, 0.1) is 10.1 Å². The molecule has 0 spiro atoms. The van der Waals surface area contributed by atoms with E-state index in [-0.39, 0.29) is 10.1 Å². The lowest BCUT2D eigenvalue weighted by Gasteiger charge is -2.12. The first-order chi connectivity index (χ1) is 17.4. The van der Waals surface area contributed by atoms with Gasteiger partial charge in [-0.15, -0.1) is 0 Å². The predicted octanol–water partition coefficient (Wildman–Crippen LogP) is 7.06. The van der Waals surface area contributed by atoms with Crippen molar-refractivity contribution < 1.29 is 18.9 Å². The highest BCUT2D eigenvalue weighted by Crippen LogP contribution is 2.38. The summed E-state index contributed by atoms with van der Waals surface area (Å²) in [4.78, 5) is 26.8. The van der Waals surface area contributed by atoms with Crippen molar-refractivity contribution in [3.05, 3.63) is 88.8 Å². The first kappa shape index (κ1) is 23.3. The number of hydrogen-bond acceptors (Lipinski definition) is 7. The Balaban J connectivity index is 1.52. The van der Waals surface area contributed by atoms with E-state index in [0.717, 1.165) is 50.4 Å². The molecule has 180 valence electrons. The molecular weight excluding hydrogens is 478 g/mol. The summed E-state index contributed by atoms with van der Waals surface area (Å²) >= 11 is 0.798. The lowest BCUT2D eigenvalue weighted by atomic mass is 9.97. The number of hydrogen-bond donors (Lipinski definition) is 1. The van der Waals surface area contributed by atoms with Gasteiger partial charge in [-0.05, 0) is 59.2 Å². The number of benzene rings is 3. The number of furan rings is 1. The molecule has 0 aliphatic rings. The molecule has 8 nitrogen and oxygen atoms in total. The maximum absolute atomic E-state index is 12.6. The van der Waals surface area contributed by atoms with Gasteiger partial charge >= 0.3 is 5.00 Å². The average Bonchev–Trinajstić information content (AvgIpc) is 3.50. The standard InChI is InChI=1S/C27H21N3O5S/c1-3-34-23-13-24-21(22(15-35-24)19-9-8-17-6-4-5-7-18(17)11-19)12-20(23)16(2)10-25(31)29-27-28-14-26(36-27)30(32)33/h4-15H,3H2,1-2H3,(H,28,29,31)/b16-10+. The molecular formula is C27H21N3O5S. The van der Waals surface area contributed by atoms with E-state index in [4.69, 9.17) is 9.15 Å². The minimum atomic E-state index is -0.546. The third kappa shape index (κ3) is 4.56. The van der Waals surface area contributed by atoms with Crippen molar-refractivity contribution in [2.45, 2.75) is 13.8 Å². The summed E-state index contributed by atoms with van der Waals surface area (Å²) in [5.74, 6) is 0.150. The van der Waals surface area contributed by atoms with Gasteiger partial charge in [0.25, 0.3) is 0 Å². The Morgan fingerprint density at radius 2 is 2.00 bits per heavy atom. The number of amides is 1. The minimum absolute atomic E-state index is 0.142. The second-order valence-corrected chi connectivity index (χ2v) is 9.08. The second-order valence-electron chi connectivity index (χ2n) is 8.07. The summed E-state index contributed by atoms with van der Waals surface area (Å²) in [5, 5.41) is 16.7. The number of allylic oxidation sites excluding steroid dienone is 1. The van der Waals surface area contributed by atoms with E-state index in [2.05, 4.69) is 40.6 Å². The van der Waals surface area contributed by atoms with Crippen LogP contribution in [-0.4, -0.2) is 22.4 Å². The van der Waals surface area contributed by atoms with Crippen molar-refractivity contribution in [3.63, 3.8) is 0 Å². The predicted molar refractivity (Wildman–Crippen MR) is 141 cm³/mol. The molecule has 1 N–H and O–H groups in total. The second kappa shape index (κ2) is 9.63. The van der Waals surface area contributed by atoms with Crippen LogP contribution in [0.25, 0.3) is 38.4 Å². The van der Waals surface area contributed by atoms with Crippen LogP contribution in [0.5, 0.6) is 5.75 Å². The zero-order valence-corrected chi connectivity index (χ0v) is 20.3. The topological polar surface area (TPSA) is 108 Å². The Morgan fingerprint density at radius 1 is 1.19 bits per heavy atom. The largest absolute Gasteiger partial charge is 0.493 e. The summed E-state index contributed by atoms with van der Waals surface area (Å²) in [5.41, 5.74) is 4.04. The molecule has 0 aliphatic carbocycles. The fraction of sp³-hybridized carbons (Fsp3) is 0.111. The van der Waals surface area contributed by atoms with Crippen molar-refractivity contribution in [3.8, 4) is 16.9 Å². The molecule has 5 rings (SSSR count). The van der Waals surface area contributed by atoms with Gasteiger partial charge in [-0.3, -0.25) is 20.2 Å². The molecule has 0 saturated heterocycles. The number of carbonyl (C=O) groups is 1. The van der Waals surface area contributed by atoms with Crippen LogP contribution < -0.4 is 10.1 Å². The molecule has 0 fully saturated rings. The Hall–Kier alpha value is -4.50. The number of fused-ring (bicyclic) bond motifs is 2. The molecule has 36 heavy (non-hydrogen) atoms. The molecule has 3 aromatic carbocycles. The molecule has 0 aliphatic heterocycles. The molecule has 5 aromatic rings. The number of carbonyl (C=O) groups excluding carboxylic acids is 1. The lowest BCUT2D eigenvalue weighted by molar-refractivity contribution is -0.380. The number of nitrogens with one attached hydrogen (secondary N) is 1. The molecule has 0 bridgehead atoms. The van der Waals surface area contributed by atoms with Gasteiger partial charge in [0, 0.05) is 28.7 Å². The SMILES string of the molecule is CCOc1cc2occ(-c3ccc4ccccc4c3)c2cc1/C(C)=C/C(=O)Nc1ncc([N+](=O)[O-])s1. The molecule has 0 saturated carbocycles. The third-order valence-electron chi connectivity index (χ3n) is 5.71. The third-order valence-corrected chi connectivity index (χ3v) is 6.58. The highest BCUT2D eigenvalue weighted by atomic mass is 32.1. The Labute approximate surface area is 210 Å². The van der Waals surface area contributed by atoms with Crippen molar-refractivity contribution in [2.24, 2.45) is 0 Å². The maximum atomic E-state index is 12.6. The van der Waals surface area contributed by atoms with E-state index in [9.17, 15) is 14.9 Å². The summed E-state index contributed by atoms with van der Waals surface area (Å²) in [6.45, 7) is 4.14. The minimum Gasteiger partial charge on any atom is -0.493 e. The van der Waals surface area contributed by atoms with Gasteiger partial charge in [-0.25, -0.2) is 4.98 Å². The number of aromatic nitrogens is 1. The zero-order valence-electron chi connectivity index (χ0n) is 19.5. The fourth-order valence-corrected chi connectivity index (χ4v) is 4.68. The highest BCUT2D eigenvalue weighted by Gasteiger charge is 2.17. The van der Waals surface area contributed by atoms with Crippen molar-refractivity contribution in [1.82, 2.24) is 4.98 Å². The van der Waals surface area contributed by atoms with Crippen LogP contribution in [-0.2, 0) is 4.79 Å². The van der Waals surface area contributed by atoms with Gasteiger partial charge in [0.2, 0.25) is 5.91 Å². The van der Waals surface area contributed by atoms with Crippen molar-refractivity contribution >= 4 is 54.7 Å².